The third kappa shape index (κ3) is 6.44. The van der Waals surface area contributed by atoms with Crippen molar-refractivity contribution in [1.29, 1.82) is 5.26 Å². The summed E-state index contributed by atoms with van der Waals surface area (Å²) in [6, 6.07) is 4.37. The van der Waals surface area contributed by atoms with Crippen molar-refractivity contribution in [2.75, 3.05) is 46.3 Å². The zero-order valence-electron chi connectivity index (χ0n) is 18.7. The molecule has 2 unspecified atom stereocenters. The van der Waals surface area contributed by atoms with E-state index in [0.29, 0.717) is 0 Å². The maximum absolute atomic E-state index is 9.34. The molecule has 4 fully saturated rings. The Morgan fingerprint density at radius 3 is 2.15 bits per heavy atom. The molecule has 4 aliphatic heterocycles. The van der Waals surface area contributed by atoms with Gasteiger partial charge in [0.05, 0.1) is 11.5 Å². The van der Waals surface area contributed by atoms with Crippen LogP contribution in [0.2, 0.25) is 0 Å². The number of rotatable bonds is 7. The lowest BCUT2D eigenvalue weighted by Gasteiger charge is -2.55. The van der Waals surface area contributed by atoms with Gasteiger partial charge in [0.2, 0.25) is 0 Å². The Hall–Kier alpha value is -0.630. The summed E-state index contributed by atoms with van der Waals surface area (Å²) in [6.45, 7) is 16.3. The molecule has 0 aromatic rings. The molecule has 4 rings (SSSR count). The summed E-state index contributed by atoms with van der Waals surface area (Å²) in [4.78, 5) is 7.63. The van der Waals surface area contributed by atoms with Gasteiger partial charge in [-0.15, -0.1) is 0 Å². The van der Waals surface area contributed by atoms with Crippen LogP contribution in [0, 0.1) is 22.7 Å². The van der Waals surface area contributed by atoms with E-state index in [1.807, 2.05) is 0 Å². The lowest BCUT2D eigenvalue weighted by Crippen LogP contribution is -2.67. The molecule has 4 saturated heterocycles. The molecule has 4 nitrogen and oxygen atoms in total. The van der Waals surface area contributed by atoms with Gasteiger partial charge >= 0.3 is 0 Å². The molecule has 0 aromatic carbocycles. The highest BCUT2D eigenvalue weighted by Crippen LogP contribution is 2.36. The van der Waals surface area contributed by atoms with E-state index in [1.165, 1.54) is 45.3 Å². The van der Waals surface area contributed by atoms with E-state index >= 15 is 0 Å². The molecule has 4 aliphatic rings. The van der Waals surface area contributed by atoms with Crippen LogP contribution in [0.15, 0.2) is 0 Å². The lowest BCUT2D eigenvalue weighted by atomic mass is 9.75. The van der Waals surface area contributed by atoms with Gasteiger partial charge in [0.1, 0.15) is 0 Å². The Morgan fingerprint density at radius 1 is 1.07 bits per heavy atom. The van der Waals surface area contributed by atoms with Gasteiger partial charge < -0.3 is 9.80 Å². The van der Waals surface area contributed by atoms with Crippen molar-refractivity contribution in [1.82, 2.24) is 14.7 Å². The zero-order chi connectivity index (χ0) is 19.9. The van der Waals surface area contributed by atoms with Crippen LogP contribution in [0.3, 0.4) is 0 Å². The van der Waals surface area contributed by atoms with Crippen molar-refractivity contribution in [2.45, 2.75) is 84.7 Å². The van der Waals surface area contributed by atoms with E-state index < -0.39 is 0 Å². The standard InChI is InChI=1S/C13H24N2.C10H20N2/c1-4-15-9-7-13(11-14,8-10-15)6-5-12(2)3;1-3-4-5-12-7-9-6-10(8-12)11(9)2/h12H,4-10H2,1-3H3;9-10H,3-8H2,1-2H3. The summed E-state index contributed by atoms with van der Waals surface area (Å²) in [5.74, 6) is 0.722. The van der Waals surface area contributed by atoms with Crippen molar-refractivity contribution >= 4 is 0 Å². The van der Waals surface area contributed by atoms with E-state index in [0.717, 1.165) is 56.9 Å². The quantitative estimate of drug-likeness (QED) is 0.666. The van der Waals surface area contributed by atoms with Gasteiger partial charge in [0.15, 0.2) is 0 Å². The third-order valence-electron chi connectivity index (χ3n) is 7.16. The summed E-state index contributed by atoms with van der Waals surface area (Å²) >= 11 is 0. The van der Waals surface area contributed by atoms with Gasteiger partial charge in [-0.05, 0) is 77.7 Å². The van der Waals surface area contributed by atoms with Crippen LogP contribution in [0.1, 0.15) is 72.6 Å². The van der Waals surface area contributed by atoms with Gasteiger partial charge in [-0.1, -0.05) is 34.1 Å². The van der Waals surface area contributed by atoms with Crippen molar-refractivity contribution in [3.8, 4) is 6.07 Å². The fourth-order valence-corrected chi connectivity index (χ4v) is 4.73. The molecule has 0 aliphatic carbocycles. The maximum atomic E-state index is 9.34. The summed E-state index contributed by atoms with van der Waals surface area (Å²) in [6.07, 6.45) is 8.61. The molecule has 0 N–H and O–H groups in total. The number of fused-ring (bicyclic) bond motifs is 2. The van der Waals surface area contributed by atoms with Crippen LogP contribution >= 0.6 is 0 Å². The van der Waals surface area contributed by atoms with Gasteiger partial charge in [-0.2, -0.15) is 5.26 Å². The first-order valence-electron chi connectivity index (χ1n) is 11.5. The number of piperidine rings is 2. The minimum atomic E-state index is -0.00403. The van der Waals surface area contributed by atoms with E-state index in [2.05, 4.69) is 55.5 Å². The fourth-order valence-electron chi connectivity index (χ4n) is 4.73. The minimum Gasteiger partial charge on any atom is -0.303 e. The molecule has 0 amide bonds. The van der Waals surface area contributed by atoms with Gasteiger partial charge in [-0.25, -0.2) is 0 Å². The number of nitriles is 1. The Labute approximate surface area is 168 Å². The molecule has 2 atom stereocenters. The molecule has 0 saturated carbocycles. The van der Waals surface area contributed by atoms with Crippen molar-refractivity contribution < 1.29 is 0 Å². The smallest absolute Gasteiger partial charge is 0.0690 e. The van der Waals surface area contributed by atoms with E-state index in [1.54, 1.807) is 0 Å². The second kappa shape index (κ2) is 10.8. The molecule has 156 valence electrons. The minimum absolute atomic E-state index is 0.00403. The highest BCUT2D eigenvalue weighted by molar-refractivity contribution is 5.02. The van der Waals surface area contributed by atoms with Crippen LogP contribution in [0.25, 0.3) is 0 Å². The van der Waals surface area contributed by atoms with Crippen molar-refractivity contribution in [3.05, 3.63) is 0 Å². The summed E-state index contributed by atoms with van der Waals surface area (Å²) < 4.78 is 0. The monoisotopic (exact) mass is 376 g/mol. The molecule has 27 heavy (non-hydrogen) atoms. The molecule has 0 spiro atoms. The lowest BCUT2D eigenvalue weighted by molar-refractivity contribution is -0.0504. The number of likely N-dealkylation sites (N-methyl/N-ethyl adjacent to an activating group) is 1. The van der Waals surface area contributed by atoms with E-state index in [9.17, 15) is 5.26 Å². The maximum Gasteiger partial charge on any atom is 0.0690 e. The fraction of sp³-hybridized carbons (Fsp3) is 0.957. The Morgan fingerprint density at radius 2 is 1.70 bits per heavy atom. The van der Waals surface area contributed by atoms with E-state index in [4.69, 9.17) is 0 Å². The van der Waals surface area contributed by atoms with Crippen LogP contribution in [-0.2, 0) is 0 Å². The van der Waals surface area contributed by atoms with Crippen molar-refractivity contribution in [2.24, 2.45) is 11.3 Å². The number of likely N-dealkylation sites (tertiary alicyclic amines) is 1. The van der Waals surface area contributed by atoms with Crippen LogP contribution in [0.5, 0.6) is 0 Å². The van der Waals surface area contributed by atoms with Gasteiger partial charge in [0.25, 0.3) is 0 Å². The normalized spacial score (nSPS) is 28.2. The summed E-state index contributed by atoms with van der Waals surface area (Å²) in [5, 5.41) is 9.34. The molecule has 0 aromatic heterocycles. The van der Waals surface area contributed by atoms with Gasteiger partial charge in [0, 0.05) is 25.2 Å². The molecular weight excluding hydrogens is 332 g/mol. The third-order valence-corrected chi connectivity index (χ3v) is 7.16. The molecule has 4 heteroatoms. The van der Waals surface area contributed by atoms with Crippen LogP contribution in [0.4, 0.5) is 0 Å². The number of unbranched alkanes of at least 4 members (excludes halogenated alkanes) is 1. The highest BCUT2D eigenvalue weighted by atomic mass is 15.3. The number of nitrogens with zero attached hydrogens (tertiary/aromatic N) is 4. The predicted octanol–water partition coefficient (Wildman–Crippen LogP) is 4.22. The molecule has 0 radical (unpaired) electrons. The highest BCUT2D eigenvalue weighted by Gasteiger charge is 2.41. The summed E-state index contributed by atoms with van der Waals surface area (Å²) in [5.41, 5.74) is -0.00403. The molecule has 2 bridgehead atoms. The number of piperazine rings is 1. The average molecular weight is 377 g/mol. The van der Waals surface area contributed by atoms with Gasteiger partial charge in [-0.3, -0.25) is 4.90 Å². The van der Waals surface area contributed by atoms with E-state index in [-0.39, 0.29) is 5.41 Å². The predicted molar refractivity (Wildman–Crippen MR) is 115 cm³/mol. The average Bonchev–Trinajstić information content (AvgIpc) is 2.71. The van der Waals surface area contributed by atoms with Crippen LogP contribution in [-0.4, -0.2) is 73.1 Å². The first-order valence-corrected chi connectivity index (χ1v) is 11.5. The summed E-state index contributed by atoms with van der Waals surface area (Å²) in [7, 11) is 2.27. The Bertz CT molecular complexity index is 449. The topological polar surface area (TPSA) is 33.5 Å². The number of hydrogen-bond donors (Lipinski definition) is 0. The largest absolute Gasteiger partial charge is 0.303 e. The zero-order valence-corrected chi connectivity index (χ0v) is 18.7. The first-order chi connectivity index (χ1) is 12.9. The number of hydrogen-bond acceptors (Lipinski definition) is 4. The Kier molecular flexibility index (Phi) is 9.05. The van der Waals surface area contributed by atoms with Crippen molar-refractivity contribution in [3.63, 3.8) is 0 Å². The Balaban J connectivity index is 0.000000198. The second-order valence-corrected chi connectivity index (χ2v) is 9.58. The first kappa shape index (κ1) is 22.7. The molecule has 4 heterocycles. The molecular formula is C23H44N4. The SMILES string of the molecule is CCCCN1CC2CC(C1)N2C.CCN1CCC(C#N)(CCC(C)C)CC1. The van der Waals surface area contributed by atoms with Crippen LogP contribution < -0.4 is 0 Å². The second-order valence-electron chi connectivity index (χ2n) is 9.58.